The number of sulfonamides is 1. The van der Waals surface area contributed by atoms with Gasteiger partial charge in [0, 0.05) is 6.54 Å². The Kier molecular flexibility index (Phi) is 4.71. The molecule has 0 amide bonds. The molecule has 0 radical (unpaired) electrons. The number of benzene rings is 1. The van der Waals surface area contributed by atoms with Crippen LogP contribution in [0.3, 0.4) is 0 Å². The summed E-state index contributed by atoms with van der Waals surface area (Å²) in [5.74, 6) is 0. The number of nitrogens with two attached hydrogens (primary N) is 1. The lowest BCUT2D eigenvalue weighted by molar-refractivity contribution is 0.423. The molecule has 0 aliphatic heterocycles. The van der Waals surface area contributed by atoms with Crippen molar-refractivity contribution < 1.29 is 21.4 Å². The first-order valence-electron chi connectivity index (χ1n) is 4.76. The van der Waals surface area contributed by atoms with Crippen molar-refractivity contribution in [3.63, 3.8) is 0 Å². The number of hydrogen-bond donors (Lipinski definition) is 2. The molecule has 0 saturated heterocycles. The Morgan fingerprint density at radius 3 is 2.16 bits per heavy atom. The third kappa shape index (κ3) is 3.30. The number of rotatable bonds is 4. The predicted octanol–water partition coefficient (Wildman–Crippen LogP) is 1.39. The Balaban J connectivity index is 3.56. The van der Waals surface area contributed by atoms with Crippen molar-refractivity contribution >= 4 is 49.2 Å². The molecule has 11 heteroatoms. The first-order valence-corrected chi connectivity index (χ1v) is 8.36. The fourth-order valence-corrected chi connectivity index (χ4v) is 4.69. The van der Waals surface area contributed by atoms with E-state index in [2.05, 4.69) is 0 Å². The highest BCUT2D eigenvalue weighted by molar-refractivity contribution is 8.01. The average molecular weight is 349 g/mol. The fraction of sp³-hybridized carbons (Fsp3) is 0.250. The summed E-state index contributed by atoms with van der Waals surface area (Å²) in [6, 6.07) is 2.00. The minimum absolute atomic E-state index is 0.0421. The Morgan fingerprint density at radius 2 is 1.74 bits per heavy atom. The van der Waals surface area contributed by atoms with E-state index in [9.17, 15) is 16.8 Å². The molecule has 0 saturated carbocycles. The number of anilines is 1. The third-order valence-electron chi connectivity index (χ3n) is 2.11. The van der Waals surface area contributed by atoms with Gasteiger partial charge in [0.1, 0.15) is 4.90 Å². The zero-order valence-corrected chi connectivity index (χ0v) is 12.7. The van der Waals surface area contributed by atoms with Crippen molar-refractivity contribution in [2.24, 2.45) is 0 Å². The highest BCUT2D eigenvalue weighted by Crippen LogP contribution is 2.32. The van der Waals surface area contributed by atoms with Crippen molar-refractivity contribution in [3.05, 3.63) is 22.2 Å². The van der Waals surface area contributed by atoms with Gasteiger partial charge in [0.05, 0.1) is 15.7 Å². The third-order valence-corrected chi connectivity index (χ3v) is 6.48. The van der Waals surface area contributed by atoms with E-state index in [-0.39, 0.29) is 19.4 Å². The molecular formula is C8H10Cl2N2O5S2. The molecule has 1 rings (SSSR count). The fourth-order valence-electron chi connectivity index (χ4n) is 1.31. The van der Waals surface area contributed by atoms with Crippen molar-refractivity contribution in [3.8, 4) is 0 Å². The van der Waals surface area contributed by atoms with Gasteiger partial charge in [0.25, 0.3) is 10.0 Å². The SMILES string of the molecule is CCN(S(=O)(=O)O)S(=O)(=O)c1cc(Cl)c(N)cc1Cl. The Bertz CT molecular complexity index is 702. The second-order valence-corrected chi connectivity index (χ2v) is 7.59. The van der Waals surface area contributed by atoms with Gasteiger partial charge in [-0.3, -0.25) is 4.55 Å². The summed E-state index contributed by atoms with van der Waals surface area (Å²) < 4.78 is 55.1. The molecular weight excluding hydrogens is 339 g/mol. The Morgan fingerprint density at radius 1 is 1.21 bits per heavy atom. The van der Waals surface area contributed by atoms with E-state index in [1.54, 1.807) is 0 Å². The quantitative estimate of drug-likeness (QED) is 0.626. The summed E-state index contributed by atoms with van der Waals surface area (Å²) in [5, 5.41) is -0.404. The molecule has 19 heavy (non-hydrogen) atoms. The summed E-state index contributed by atoms with van der Waals surface area (Å²) in [4.78, 5) is -0.562. The summed E-state index contributed by atoms with van der Waals surface area (Å²) in [6.07, 6.45) is 0. The molecule has 1 aromatic rings. The molecule has 0 spiro atoms. The van der Waals surface area contributed by atoms with Crippen LogP contribution in [0.2, 0.25) is 10.0 Å². The molecule has 0 fully saturated rings. The second-order valence-electron chi connectivity index (χ2n) is 3.38. The molecule has 0 aliphatic carbocycles. The van der Waals surface area contributed by atoms with Crippen molar-refractivity contribution in [1.82, 2.24) is 3.71 Å². The zero-order valence-electron chi connectivity index (χ0n) is 9.54. The van der Waals surface area contributed by atoms with E-state index in [4.69, 9.17) is 33.5 Å². The Labute approximate surface area is 120 Å². The predicted molar refractivity (Wildman–Crippen MR) is 72.0 cm³/mol. The monoisotopic (exact) mass is 348 g/mol. The number of hydrogen-bond acceptors (Lipinski definition) is 5. The standard InChI is InChI=1S/C8H10Cl2N2O5S2/c1-2-12(19(15,16)17)18(13,14)8-4-5(9)7(11)3-6(8)10/h3-4H,2,11H2,1H3,(H,15,16,17). The maximum absolute atomic E-state index is 12.1. The molecule has 1 aromatic carbocycles. The number of nitrogen functional groups attached to an aromatic ring is 1. The lowest BCUT2D eigenvalue weighted by Crippen LogP contribution is -2.36. The summed E-state index contributed by atoms with van der Waals surface area (Å²) in [5.41, 5.74) is 5.48. The largest absolute Gasteiger partial charge is 0.397 e. The minimum atomic E-state index is -4.95. The molecule has 3 N–H and O–H groups in total. The molecule has 0 aliphatic rings. The van der Waals surface area contributed by atoms with Gasteiger partial charge < -0.3 is 5.73 Å². The van der Waals surface area contributed by atoms with Gasteiger partial charge in [-0.15, -0.1) is 0 Å². The smallest absolute Gasteiger partial charge is 0.349 e. The van der Waals surface area contributed by atoms with Crippen LogP contribution >= 0.6 is 23.2 Å². The van der Waals surface area contributed by atoms with Crippen LogP contribution < -0.4 is 5.73 Å². The number of halogens is 2. The average Bonchev–Trinajstić information content (AvgIpc) is 2.21. The van der Waals surface area contributed by atoms with E-state index in [0.29, 0.717) is 0 Å². The van der Waals surface area contributed by atoms with E-state index in [1.165, 1.54) is 6.92 Å². The van der Waals surface area contributed by atoms with Gasteiger partial charge in [-0.05, 0) is 12.1 Å². The van der Waals surface area contributed by atoms with Crippen molar-refractivity contribution in [1.29, 1.82) is 0 Å². The molecule has 0 unspecified atom stereocenters. The van der Waals surface area contributed by atoms with Gasteiger partial charge in [-0.1, -0.05) is 33.8 Å². The van der Waals surface area contributed by atoms with Crippen molar-refractivity contribution in [2.45, 2.75) is 11.8 Å². The topological polar surface area (TPSA) is 118 Å². The van der Waals surface area contributed by atoms with E-state index in [1.807, 2.05) is 0 Å². The van der Waals surface area contributed by atoms with Crippen LogP contribution in [0.5, 0.6) is 0 Å². The second kappa shape index (κ2) is 5.43. The molecule has 7 nitrogen and oxygen atoms in total. The van der Waals surface area contributed by atoms with Crippen LogP contribution in [0.25, 0.3) is 0 Å². The van der Waals surface area contributed by atoms with Crippen LogP contribution in [-0.2, 0) is 20.3 Å². The maximum atomic E-state index is 12.1. The van der Waals surface area contributed by atoms with Gasteiger partial charge in [0.2, 0.25) is 0 Å². The lowest BCUT2D eigenvalue weighted by Gasteiger charge is -2.17. The first-order chi connectivity index (χ1) is 8.51. The molecule has 0 atom stereocenters. The Hall–Kier alpha value is -0.580. The van der Waals surface area contributed by atoms with Crippen LogP contribution in [-0.4, -0.2) is 31.6 Å². The summed E-state index contributed by atoms with van der Waals surface area (Å²) >= 11 is 11.4. The molecule has 0 bridgehead atoms. The van der Waals surface area contributed by atoms with E-state index in [0.717, 1.165) is 12.1 Å². The van der Waals surface area contributed by atoms with Crippen LogP contribution in [0.15, 0.2) is 17.0 Å². The van der Waals surface area contributed by atoms with Gasteiger partial charge in [0.15, 0.2) is 0 Å². The van der Waals surface area contributed by atoms with Crippen LogP contribution in [0.4, 0.5) is 5.69 Å². The van der Waals surface area contributed by atoms with E-state index < -0.39 is 31.8 Å². The highest BCUT2D eigenvalue weighted by Gasteiger charge is 2.34. The van der Waals surface area contributed by atoms with Crippen LogP contribution in [0.1, 0.15) is 6.92 Å². The first kappa shape index (κ1) is 16.5. The zero-order chi connectivity index (χ0) is 15.0. The summed E-state index contributed by atoms with van der Waals surface area (Å²) in [7, 11) is -9.50. The van der Waals surface area contributed by atoms with Crippen LogP contribution in [0, 0.1) is 0 Å². The van der Waals surface area contributed by atoms with Gasteiger partial charge >= 0.3 is 10.3 Å². The lowest BCUT2D eigenvalue weighted by atomic mass is 10.3. The molecule has 0 aromatic heterocycles. The van der Waals surface area contributed by atoms with Gasteiger partial charge in [-0.25, -0.2) is 8.42 Å². The number of nitrogens with zero attached hydrogens (tertiary/aromatic N) is 1. The normalized spacial score (nSPS) is 12.9. The summed E-state index contributed by atoms with van der Waals surface area (Å²) in [6.45, 7) is 0.734. The maximum Gasteiger partial charge on any atom is 0.349 e. The highest BCUT2D eigenvalue weighted by atomic mass is 35.5. The molecule has 0 heterocycles. The van der Waals surface area contributed by atoms with E-state index >= 15 is 0 Å². The minimum Gasteiger partial charge on any atom is -0.397 e. The molecule has 108 valence electrons. The van der Waals surface area contributed by atoms with Crippen molar-refractivity contribution in [2.75, 3.05) is 12.3 Å². The van der Waals surface area contributed by atoms with Gasteiger partial charge in [-0.2, -0.15) is 8.42 Å².